The molecule has 66 valence electrons. The van der Waals surface area contributed by atoms with Crippen LogP contribution < -0.4 is 5.32 Å². The van der Waals surface area contributed by atoms with Crippen LogP contribution in [0.1, 0.15) is 25.0 Å². The van der Waals surface area contributed by atoms with E-state index in [9.17, 15) is 0 Å². The average molecular weight is 164 g/mol. The molecular formula is C10H16N2. The quantitative estimate of drug-likeness (QED) is 0.726. The lowest BCUT2D eigenvalue weighted by atomic mass is 10.2. The Morgan fingerprint density at radius 1 is 1.33 bits per heavy atom. The van der Waals surface area contributed by atoms with Crippen molar-refractivity contribution in [3.05, 3.63) is 23.4 Å². The van der Waals surface area contributed by atoms with Crippen molar-refractivity contribution in [1.82, 2.24) is 4.98 Å². The fourth-order valence-corrected chi connectivity index (χ4v) is 1.14. The number of rotatable bonds is 2. The van der Waals surface area contributed by atoms with E-state index in [1.54, 1.807) is 0 Å². The van der Waals surface area contributed by atoms with Crippen LogP contribution >= 0.6 is 0 Å². The van der Waals surface area contributed by atoms with E-state index in [2.05, 4.69) is 44.1 Å². The topological polar surface area (TPSA) is 24.9 Å². The molecule has 1 aromatic heterocycles. The number of hydrogen-bond donors (Lipinski definition) is 1. The molecule has 1 heterocycles. The Balaban J connectivity index is 2.86. The third-order valence-electron chi connectivity index (χ3n) is 1.64. The Kier molecular flexibility index (Phi) is 2.69. The SMILES string of the molecule is Cc1cnc(NC(C)C)c(C)c1. The molecule has 2 nitrogen and oxygen atoms in total. The number of pyridine rings is 1. The third-order valence-corrected chi connectivity index (χ3v) is 1.64. The Labute approximate surface area is 74.0 Å². The summed E-state index contributed by atoms with van der Waals surface area (Å²) in [7, 11) is 0. The molecule has 2 heteroatoms. The van der Waals surface area contributed by atoms with E-state index in [-0.39, 0.29) is 0 Å². The standard InChI is InChI=1S/C10H16N2/c1-7(2)12-10-9(4)5-8(3)6-11-10/h5-7H,1-4H3,(H,11,12). The maximum atomic E-state index is 4.31. The largest absolute Gasteiger partial charge is 0.368 e. The van der Waals surface area contributed by atoms with Crippen LogP contribution in [0.5, 0.6) is 0 Å². The maximum absolute atomic E-state index is 4.31. The highest BCUT2D eigenvalue weighted by Gasteiger charge is 2.00. The van der Waals surface area contributed by atoms with Crippen molar-refractivity contribution in [3.8, 4) is 0 Å². The zero-order valence-electron chi connectivity index (χ0n) is 8.18. The van der Waals surface area contributed by atoms with Gasteiger partial charge in [-0.3, -0.25) is 0 Å². The van der Waals surface area contributed by atoms with Crippen LogP contribution in [-0.2, 0) is 0 Å². The lowest BCUT2D eigenvalue weighted by Crippen LogP contribution is -2.12. The molecule has 1 rings (SSSR count). The fourth-order valence-electron chi connectivity index (χ4n) is 1.14. The summed E-state index contributed by atoms with van der Waals surface area (Å²) < 4.78 is 0. The summed E-state index contributed by atoms with van der Waals surface area (Å²) in [5.74, 6) is 0.996. The summed E-state index contributed by atoms with van der Waals surface area (Å²) in [6.07, 6.45) is 1.89. The van der Waals surface area contributed by atoms with Gasteiger partial charge in [0, 0.05) is 12.2 Å². The van der Waals surface area contributed by atoms with Crippen molar-refractivity contribution >= 4 is 5.82 Å². The monoisotopic (exact) mass is 164 g/mol. The molecule has 0 aliphatic heterocycles. The van der Waals surface area contributed by atoms with Crippen LogP contribution in [0.3, 0.4) is 0 Å². The minimum absolute atomic E-state index is 0.443. The highest BCUT2D eigenvalue weighted by atomic mass is 15.0. The van der Waals surface area contributed by atoms with E-state index in [1.165, 1.54) is 11.1 Å². The van der Waals surface area contributed by atoms with Crippen LogP contribution in [0, 0.1) is 13.8 Å². The molecule has 0 saturated heterocycles. The van der Waals surface area contributed by atoms with Gasteiger partial charge in [0.1, 0.15) is 5.82 Å². The zero-order valence-corrected chi connectivity index (χ0v) is 8.18. The second-order valence-electron chi connectivity index (χ2n) is 3.48. The second-order valence-corrected chi connectivity index (χ2v) is 3.48. The average Bonchev–Trinajstić information content (AvgIpc) is 1.94. The first-order valence-corrected chi connectivity index (χ1v) is 4.29. The molecule has 0 radical (unpaired) electrons. The van der Waals surface area contributed by atoms with Gasteiger partial charge >= 0.3 is 0 Å². The van der Waals surface area contributed by atoms with Crippen molar-refractivity contribution in [2.75, 3.05) is 5.32 Å². The summed E-state index contributed by atoms with van der Waals surface area (Å²) in [6.45, 7) is 8.35. The van der Waals surface area contributed by atoms with E-state index in [1.807, 2.05) is 6.20 Å². The first-order valence-electron chi connectivity index (χ1n) is 4.29. The molecule has 0 aliphatic carbocycles. The van der Waals surface area contributed by atoms with Gasteiger partial charge in [0.2, 0.25) is 0 Å². The Morgan fingerprint density at radius 3 is 2.50 bits per heavy atom. The van der Waals surface area contributed by atoms with Crippen LogP contribution in [0.25, 0.3) is 0 Å². The van der Waals surface area contributed by atoms with Crippen molar-refractivity contribution in [2.45, 2.75) is 33.7 Å². The van der Waals surface area contributed by atoms with Crippen molar-refractivity contribution < 1.29 is 0 Å². The minimum Gasteiger partial charge on any atom is -0.368 e. The van der Waals surface area contributed by atoms with E-state index < -0.39 is 0 Å². The molecule has 0 amide bonds. The minimum atomic E-state index is 0.443. The van der Waals surface area contributed by atoms with Crippen molar-refractivity contribution in [1.29, 1.82) is 0 Å². The number of hydrogen-bond acceptors (Lipinski definition) is 2. The van der Waals surface area contributed by atoms with Crippen molar-refractivity contribution in [3.63, 3.8) is 0 Å². The molecular weight excluding hydrogens is 148 g/mol. The van der Waals surface area contributed by atoms with Crippen LogP contribution in [-0.4, -0.2) is 11.0 Å². The van der Waals surface area contributed by atoms with Gasteiger partial charge in [-0.2, -0.15) is 0 Å². The first-order chi connectivity index (χ1) is 5.59. The van der Waals surface area contributed by atoms with Gasteiger partial charge in [-0.1, -0.05) is 6.07 Å². The molecule has 0 spiro atoms. The number of anilines is 1. The van der Waals surface area contributed by atoms with E-state index in [0.29, 0.717) is 6.04 Å². The predicted molar refractivity (Wildman–Crippen MR) is 52.5 cm³/mol. The summed E-state index contributed by atoms with van der Waals surface area (Å²) in [5.41, 5.74) is 2.42. The molecule has 0 aliphatic rings. The lowest BCUT2D eigenvalue weighted by Gasteiger charge is -2.11. The van der Waals surface area contributed by atoms with Crippen LogP contribution in [0.15, 0.2) is 12.3 Å². The molecule has 0 saturated carbocycles. The zero-order chi connectivity index (χ0) is 9.14. The first kappa shape index (κ1) is 9.04. The highest BCUT2D eigenvalue weighted by Crippen LogP contribution is 2.12. The smallest absolute Gasteiger partial charge is 0.129 e. The maximum Gasteiger partial charge on any atom is 0.129 e. The van der Waals surface area contributed by atoms with Crippen LogP contribution in [0.2, 0.25) is 0 Å². The number of nitrogens with zero attached hydrogens (tertiary/aromatic N) is 1. The molecule has 1 aromatic rings. The number of aromatic nitrogens is 1. The number of aryl methyl sites for hydroxylation is 2. The number of nitrogens with one attached hydrogen (secondary N) is 1. The molecule has 0 bridgehead atoms. The van der Waals surface area contributed by atoms with Gasteiger partial charge in [-0.05, 0) is 38.8 Å². The summed E-state index contributed by atoms with van der Waals surface area (Å²) >= 11 is 0. The lowest BCUT2D eigenvalue weighted by molar-refractivity contribution is 0.885. The Bertz CT molecular complexity index is 267. The van der Waals surface area contributed by atoms with Gasteiger partial charge in [0.05, 0.1) is 0 Å². The summed E-state index contributed by atoms with van der Waals surface area (Å²) in [6, 6.07) is 2.58. The van der Waals surface area contributed by atoms with Gasteiger partial charge in [-0.25, -0.2) is 4.98 Å². The van der Waals surface area contributed by atoms with E-state index in [4.69, 9.17) is 0 Å². The van der Waals surface area contributed by atoms with E-state index >= 15 is 0 Å². The molecule has 0 fully saturated rings. The molecule has 0 aromatic carbocycles. The summed E-state index contributed by atoms with van der Waals surface area (Å²) in [4.78, 5) is 4.31. The molecule has 0 atom stereocenters. The van der Waals surface area contributed by atoms with Gasteiger partial charge in [0.15, 0.2) is 0 Å². The molecule has 0 unspecified atom stereocenters. The van der Waals surface area contributed by atoms with Gasteiger partial charge < -0.3 is 5.32 Å². The highest BCUT2D eigenvalue weighted by molar-refractivity contribution is 5.44. The van der Waals surface area contributed by atoms with E-state index in [0.717, 1.165) is 5.82 Å². The molecule has 1 N–H and O–H groups in total. The third kappa shape index (κ3) is 2.22. The normalized spacial score (nSPS) is 10.4. The Hall–Kier alpha value is -1.05. The van der Waals surface area contributed by atoms with Crippen LogP contribution in [0.4, 0.5) is 5.82 Å². The van der Waals surface area contributed by atoms with Gasteiger partial charge in [0.25, 0.3) is 0 Å². The fraction of sp³-hybridized carbons (Fsp3) is 0.500. The predicted octanol–water partition coefficient (Wildman–Crippen LogP) is 2.52. The van der Waals surface area contributed by atoms with Gasteiger partial charge in [-0.15, -0.1) is 0 Å². The molecule has 12 heavy (non-hydrogen) atoms. The Morgan fingerprint density at radius 2 is 2.00 bits per heavy atom. The summed E-state index contributed by atoms with van der Waals surface area (Å²) in [5, 5.41) is 3.29. The van der Waals surface area contributed by atoms with Crippen molar-refractivity contribution in [2.24, 2.45) is 0 Å². The second kappa shape index (κ2) is 3.57.